The third-order valence-corrected chi connectivity index (χ3v) is 4.40. The van der Waals surface area contributed by atoms with Crippen molar-refractivity contribution in [3.05, 3.63) is 66.2 Å². The van der Waals surface area contributed by atoms with Crippen molar-refractivity contribution in [1.29, 1.82) is 0 Å². The average Bonchev–Trinajstić information content (AvgIpc) is 3.11. The summed E-state index contributed by atoms with van der Waals surface area (Å²) in [5.41, 5.74) is 2.22. The van der Waals surface area contributed by atoms with Gasteiger partial charge >= 0.3 is 0 Å². The molecule has 1 fully saturated rings. The van der Waals surface area contributed by atoms with Gasteiger partial charge in [0.25, 0.3) is 0 Å². The molecule has 0 saturated carbocycles. The number of rotatable bonds is 6. The van der Waals surface area contributed by atoms with Crippen molar-refractivity contribution in [3.63, 3.8) is 0 Å². The summed E-state index contributed by atoms with van der Waals surface area (Å²) in [5, 5.41) is 4.74. The van der Waals surface area contributed by atoms with Crippen molar-refractivity contribution in [1.82, 2.24) is 19.7 Å². The van der Waals surface area contributed by atoms with Gasteiger partial charge in [-0.1, -0.05) is 36.4 Å². The van der Waals surface area contributed by atoms with E-state index in [1.165, 1.54) is 5.56 Å². The lowest BCUT2D eigenvalue weighted by Crippen LogP contribution is -2.33. The molecular weight excluding hydrogens is 328 g/mol. The Hall–Kier alpha value is -2.57. The molecule has 0 radical (unpaired) electrons. The fourth-order valence-electron chi connectivity index (χ4n) is 3.05. The Balaban J connectivity index is 1.56. The van der Waals surface area contributed by atoms with E-state index in [1.54, 1.807) is 6.20 Å². The highest BCUT2D eigenvalue weighted by Crippen LogP contribution is 2.17. The van der Waals surface area contributed by atoms with Crippen LogP contribution in [-0.2, 0) is 28.9 Å². The van der Waals surface area contributed by atoms with Crippen LogP contribution in [0.3, 0.4) is 0 Å². The van der Waals surface area contributed by atoms with Gasteiger partial charge < -0.3 is 9.47 Å². The minimum Gasteiger partial charge on any atom is -0.376 e. The molecule has 6 nitrogen and oxygen atoms in total. The monoisotopic (exact) mass is 350 g/mol. The molecule has 0 N–H and O–H groups in total. The third-order valence-electron chi connectivity index (χ3n) is 4.40. The fourth-order valence-corrected chi connectivity index (χ4v) is 3.05. The van der Waals surface area contributed by atoms with Crippen LogP contribution >= 0.6 is 0 Å². The Morgan fingerprint density at radius 2 is 1.96 bits per heavy atom. The second-order valence-corrected chi connectivity index (χ2v) is 6.33. The van der Waals surface area contributed by atoms with E-state index in [2.05, 4.69) is 11.1 Å². The first-order valence-corrected chi connectivity index (χ1v) is 8.96. The Morgan fingerprint density at radius 3 is 2.73 bits per heavy atom. The van der Waals surface area contributed by atoms with Gasteiger partial charge in [-0.2, -0.15) is 5.10 Å². The second-order valence-electron chi connectivity index (χ2n) is 6.33. The smallest absolute Gasteiger partial charge is 0.181 e. The fraction of sp³-hybridized carbons (Fsp3) is 0.350. The highest BCUT2D eigenvalue weighted by Gasteiger charge is 2.19. The van der Waals surface area contributed by atoms with E-state index in [-0.39, 0.29) is 6.10 Å². The summed E-state index contributed by atoms with van der Waals surface area (Å²) in [6.45, 7) is 2.55. The lowest BCUT2D eigenvalue weighted by atomic mass is 10.1. The third kappa shape index (κ3) is 4.15. The van der Waals surface area contributed by atoms with Crippen molar-refractivity contribution >= 4 is 0 Å². The second kappa shape index (κ2) is 8.21. The van der Waals surface area contributed by atoms with Crippen molar-refractivity contribution < 1.29 is 9.47 Å². The molecular formula is C20H22N4O2. The molecule has 0 bridgehead atoms. The lowest BCUT2D eigenvalue weighted by Gasteiger charge is -2.23. The van der Waals surface area contributed by atoms with Crippen molar-refractivity contribution in [2.24, 2.45) is 0 Å². The summed E-state index contributed by atoms with van der Waals surface area (Å²) < 4.78 is 13.3. The molecule has 1 aromatic carbocycles. The maximum Gasteiger partial charge on any atom is 0.181 e. The number of benzene rings is 1. The molecule has 6 heteroatoms. The quantitative estimate of drug-likeness (QED) is 0.684. The Morgan fingerprint density at radius 1 is 1.04 bits per heavy atom. The highest BCUT2D eigenvalue weighted by atomic mass is 16.6. The molecule has 0 spiro atoms. The molecule has 4 rings (SSSR count). The van der Waals surface area contributed by atoms with E-state index >= 15 is 0 Å². The van der Waals surface area contributed by atoms with Crippen LogP contribution in [0.1, 0.15) is 11.4 Å². The Bertz CT molecular complexity index is 814. The van der Waals surface area contributed by atoms with E-state index in [1.807, 2.05) is 47.3 Å². The van der Waals surface area contributed by atoms with E-state index in [0.717, 1.165) is 30.1 Å². The minimum absolute atomic E-state index is 0.0196. The number of aryl methyl sites for hydroxylation is 2. The molecule has 1 atom stereocenters. The molecule has 1 saturated heterocycles. The number of aromatic nitrogens is 4. The van der Waals surface area contributed by atoms with Gasteiger partial charge in [-0.3, -0.25) is 4.98 Å². The zero-order valence-corrected chi connectivity index (χ0v) is 14.6. The van der Waals surface area contributed by atoms with Crippen LogP contribution in [0.4, 0.5) is 0 Å². The average molecular weight is 350 g/mol. The number of hydrogen-bond acceptors (Lipinski definition) is 5. The lowest BCUT2D eigenvalue weighted by molar-refractivity contribution is -0.0948. The van der Waals surface area contributed by atoms with Crippen LogP contribution in [0.15, 0.2) is 54.9 Å². The van der Waals surface area contributed by atoms with Crippen molar-refractivity contribution in [2.75, 3.05) is 19.8 Å². The molecule has 0 aliphatic carbocycles. The molecule has 1 aliphatic rings. The zero-order chi connectivity index (χ0) is 17.6. The molecule has 3 aromatic rings. The van der Waals surface area contributed by atoms with Gasteiger partial charge in [-0.05, 0) is 18.1 Å². The van der Waals surface area contributed by atoms with Crippen LogP contribution in [0.5, 0.6) is 0 Å². The van der Waals surface area contributed by atoms with Crippen LogP contribution in [0.25, 0.3) is 11.4 Å². The van der Waals surface area contributed by atoms with Crippen molar-refractivity contribution in [3.8, 4) is 11.4 Å². The summed E-state index contributed by atoms with van der Waals surface area (Å²) in [5.74, 6) is 1.71. The molecule has 134 valence electrons. The highest BCUT2D eigenvalue weighted by molar-refractivity contribution is 5.54. The van der Waals surface area contributed by atoms with Gasteiger partial charge in [0.15, 0.2) is 5.82 Å². The van der Waals surface area contributed by atoms with Crippen LogP contribution in [0.2, 0.25) is 0 Å². The SMILES string of the molecule is c1ccc(-c2nc(CCc3cccnc3)n(CC3COCCO3)n2)cc1. The summed E-state index contributed by atoms with van der Waals surface area (Å²) in [4.78, 5) is 8.98. The first-order valence-electron chi connectivity index (χ1n) is 8.96. The van der Waals surface area contributed by atoms with Crippen LogP contribution < -0.4 is 0 Å². The summed E-state index contributed by atoms with van der Waals surface area (Å²) in [7, 11) is 0. The number of hydrogen-bond donors (Lipinski definition) is 0. The molecule has 2 aromatic heterocycles. The molecule has 3 heterocycles. The predicted molar refractivity (Wildman–Crippen MR) is 97.7 cm³/mol. The zero-order valence-electron chi connectivity index (χ0n) is 14.6. The Labute approximate surface area is 152 Å². The molecule has 1 aliphatic heterocycles. The van der Waals surface area contributed by atoms with Crippen molar-refractivity contribution in [2.45, 2.75) is 25.5 Å². The van der Waals surface area contributed by atoms with Gasteiger partial charge in [-0.15, -0.1) is 0 Å². The number of pyridine rings is 1. The van der Waals surface area contributed by atoms with E-state index < -0.39 is 0 Å². The van der Waals surface area contributed by atoms with Gasteiger partial charge in [-0.25, -0.2) is 9.67 Å². The summed E-state index contributed by atoms with van der Waals surface area (Å²) >= 11 is 0. The standard InChI is InChI=1S/C20H22N4O2/c1-2-6-17(7-3-1)20-22-19(9-8-16-5-4-10-21-13-16)24(23-20)14-18-15-25-11-12-26-18/h1-7,10,13,18H,8-9,11-12,14-15H2. The first kappa shape index (κ1) is 16.9. The maximum atomic E-state index is 5.79. The Kier molecular flexibility index (Phi) is 5.33. The van der Waals surface area contributed by atoms with E-state index in [9.17, 15) is 0 Å². The first-order chi connectivity index (χ1) is 12.9. The van der Waals surface area contributed by atoms with Gasteiger partial charge in [0.05, 0.1) is 26.4 Å². The van der Waals surface area contributed by atoms with Gasteiger partial charge in [0.1, 0.15) is 11.9 Å². The van der Waals surface area contributed by atoms with Gasteiger partial charge in [0.2, 0.25) is 0 Å². The molecule has 0 amide bonds. The minimum atomic E-state index is 0.0196. The summed E-state index contributed by atoms with van der Waals surface area (Å²) in [6.07, 6.45) is 5.39. The van der Waals surface area contributed by atoms with E-state index in [0.29, 0.717) is 26.4 Å². The van der Waals surface area contributed by atoms with E-state index in [4.69, 9.17) is 19.6 Å². The van der Waals surface area contributed by atoms with Gasteiger partial charge in [0, 0.05) is 24.4 Å². The molecule has 1 unspecified atom stereocenters. The molecule has 26 heavy (non-hydrogen) atoms. The predicted octanol–water partition coefficient (Wildman–Crippen LogP) is 2.54. The normalized spacial score (nSPS) is 17.3. The largest absolute Gasteiger partial charge is 0.376 e. The number of ether oxygens (including phenoxy) is 2. The topological polar surface area (TPSA) is 62.1 Å². The maximum absolute atomic E-state index is 5.79. The van der Waals surface area contributed by atoms with Crippen LogP contribution in [-0.4, -0.2) is 45.7 Å². The summed E-state index contributed by atoms with van der Waals surface area (Å²) in [6, 6.07) is 14.1. The number of nitrogens with zero attached hydrogens (tertiary/aromatic N) is 4. The van der Waals surface area contributed by atoms with Crippen LogP contribution in [0, 0.1) is 0 Å².